The molecular weight excluding hydrogens is 380 g/mol. The summed E-state index contributed by atoms with van der Waals surface area (Å²) in [6, 6.07) is 7.89. The van der Waals surface area contributed by atoms with Crippen LogP contribution in [0.25, 0.3) is 17.0 Å². The summed E-state index contributed by atoms with van der Waals surface area (Å²) in [6.45, 7) is 0.488. The summed E-state index contributed by atoms with van der Waals surface area (Å²) in [5.74, 6) is 1.31. The fourth-order valence-corrected chi connectivity index (χ4v) is 3.80. The molecule has 0 aliphatic carbocycles. The van der Waals surface area contributed by atoms with Crippen LogP contribution in [0.1, 0.15) is 23.1 Å². The van der Waals surface area contributed by atoms with E-state index in [4.69, 9.17) is 4.74 Å². The monoisotopic (exact) mass is 404 g/mol. The molecule has 0 saturated carbocycles. The van der Waals surface area contributed by atoms with Gasteiger partial charge in [0.25, 0.3) is 0 Å². The van der Waals surface area contributed by atoms with E-state index in [1.54, 1.807) is 37.4 Å². The van der Waals surface area contributed by atoms with Gasteiger partial charge in [-0.15, -0.1) is 0 Å². The molecule has 0 saturated heterocycles. The molecule has 7 nitrogen and oxygen atoms in total. The Kier molecular flexibility index (Phi) is 5.27. The van der Waals surface area contributed by atoms with Crippen LogP contribution in [0.4, 0.5) is 5.82 Å². The molecule has 0 radical (unpaired) electrons. The maximum Gasteiger partial charge on any atom is 0.246 e. The fourth-order valence-electron chi connectivity index (χ4n) is 3.80. The summed E-state index contributed by atoms with van der Waals surface area (Å²) < 4.78 is 7.49. The van der Waals surface area contributed by atoms with Gasteiger partial charge >= 0.3 is 0 Å². The average Bonchev–Trinajstić information content (AvgIpc) is 3.07. The number of rotatable bonds is 5. The molecule has 7 heteroatoms. The second kappa shape index (κ2) is 8.02. The molecule has 0 fully saturated rings. The van der Waals surface area contributed by atoms with E-state index in [1.807, 2.05) is 42.1 Å². The Morgan fingerprint density at radius 2 is 2.20 bits per heavy atom. The number of ether oxygens (including phenoxy) is 1. The number of pyridine rings is 1. The minimum absolute atomic E-state index is 0.0128. The van der Waals surface area contributed by atoms with Crippen molar-refractivity contribution in [2.75, 3.05) is 19.5 Å². The number of hydrogen-bond acceptors (Lipinski definition) is 4. The third kappa shape index (κ3) is 3.78. The van der Waals surface area contributed by atoms with Crippen molar-refractivity contribution in [1.29, 1.82) is 0 Å². The van der Waals surface area contributed by atoms with Crippen LogP contribution in [-0.2, 0) is 29.6 Å². The van der Waals surface area contributed by atoms with Crippen molar-refractivity contribution in [2.24, 2.45) is 7.05 Å². The van der Waals surface area contributed by atoms with Crippen LogP contribution >= 0.6 is 0 Å². The summed E-state index contributed by atoms with van der Waals surface area (Å²) in [6.07, 6.45) is 8.12. The first kappa shape index (κ1) is 19.7. The number of aromatic nitrogens is 2. The highest BCUT2D eigenvalue weighted by molar-refractivity contribution is 5.94. The number of methoxy groups -OCH3 is 1. The molecule has 0 spiro atoms. The lowest BCUT2D eigenvalue weighted by Gasteiger charge is -2.16. The number of carbonyl (C=O) groups excluding carboxylic acids is 2. The summed E-state index contributed by atoms with van der Waals surface area (Å²) in [5, 5.41) is 3.83. The van der Waals surface area contributed by atoms with Gasteiger partial charge in [-0.25, -0.2) is 4.98 Å². The van der Waals surface area contributed by atoms with Crippen LogP contribution in [0.2, 0.25) is 0 Å². The SMILES string of the molecule is COc1cccc2c(CN(C)C(=O)/C=C/c3cnc4c(c3)CCC(=O)N4)cn(C)c12. The number of aryl methyl sites for hydroxylation is 2. The second-order valence-corrected chi connectivity index (χ2v) is 7.47. The minimum atomic E-state index is -0.0964. The van der Waals surface area contributed by atoms with E-state index >= 15 is 0 Å². The number of nitrogens with zero attached hydrogens (tertiary/aromatic N) is 3. The second-order valence-electron chi connectivity index (χ2n) is 7.47. The van der Waals surface area contributed by atoms with E-state index in [1.165, 1.54) is 0 Å². The van der Waals surface area contributed by atoms with Gasteiger partial charge in [-0.1, -0.05) is 12.1 Å². The number of likely N-dealkylation sites (N-methyl/N-ethyl adjacent to an activating group) is 1. The van der Waals surface area contributed by atoms with Gasteiger partial charge in [-0.05, 0) is 41.3 Å². The van der Waals surface area contributed by atoms with Gasteiger partial charge in [-0.3, -0.25) is 9.59 Å². The number of para-hydroxylation sites is 1. The van der Waals surface area contributed by atoms with Gasteiger partial charge in [0.2, 0.25) is 11.8 Å². The Morgan fingerprint density at radius 1 is 1.37 bits per heavy atom. The molecule has 154 valence electrons. The smallest absolute Gasteiger partial charge is 0.246 e. The van der Waals surface area contributed by atoms with E-state index in [-0.39, 0.29) is 11.8 Å². The molecule has 2 amide bonds. The molecular formula is C23H24N4O3. The summed E-state index contributed by atoms with van der Waals surface area (Å²) >= 11 is 0. The number of nitrogens with one attached hydrogen (secondary N) is 1. The molecule has 0 atom stereocenters. The van der Waals surface area contributed by atoms with Crippen molar-refractivity contribution in [3.63, 3.8) is 0 Å². The highest BCUT2D eigenvalue weighted by Crippen LogP contribution is 2.29. The molecule has 3 heterocycles. The zero-order valence-electron chi connectivity index (χ0n) is 17.3. The maximum absolute atomic E-state index is 12.6. The van der Waals surface area contributed by atoms with Gasteiger partial charge in [0.1, 0.15) is 11.6 Å². The number of fused-ring (bicyclic) bond motifs is 2. The quantitative estimate of drug-likeness (QED) is 0.663. The van der Waals surface area contributed by atoms with E-state index < -0.39 is 0 Å². The van der Waals surface area contributed by atoms with Crippen LogP contribution in [0, 0.1) is 0 Å². The summed E-state index contributed by atoms with van der Waals surface area (Å²) in [7, 11) is 5.42. The first-order chi connectivity index (χ1) is 14.5. The maximum atomic E-state index is 12.6. The number of carbonyl (C=O) groups is 2. The van der Waals surface area contributed by atoms with Gasteiger partial charge in [0.15, 0.2) is 0 Å². The summed E-state index contributed by atoms with van der Waals surface area (Å²) in [5.41, 5.74) is 3.89. The van der Waals surface area contributed by atoms with E-state index in [0.717, 1.165) is 33.3 Å². The van der Waals surface area contributed by atoms with Gasteiger partial charge < -0.3 is 19.5 Å². The zero-order valence-corrected chi connectivity index (χ0v) is 17.3. The highest BCUT2D eigenvalue weighted by Gasteiger charge is 2.16. The minimum Gasteiger partial charge on any atom is -0.495 e. The van der Waals surface area contributed by atoms with Crippen molar-refractivity contribution in [1.82, 2.24) is 14.5 Å². The normalized spacial score (nSPS) is 13.4. The Labute approximate surface area is 175 Å². The number of hydrogen-bond donors (Lipinski definition) is 1. The van der Waals surface area contributed by atoms with E-state index in [2.05, 4.69) is 10.3 Å². The average molecular weight is 404 g/mol. The Morgan fingerprint density at radius 3 is 3.00 bits per heavy atom. The van der Waals surface area contributed by atoms with Crippen molar-refractivity contribution < 1.29 is 14.3 Å². The molecule has 1 aromatic carbocycles. The number of benzene rings is 1. The van der Waals surface area contributed by atoms with Crippen LogP contribution in [0.3, 0.4) is 0 Å². The largest absolute Gasteiger partial charge is 0.495 e. The molecule has 0 bridgehead atoms. The molecule has 2 aromatic heterocycles. The van der Waals surface area contributed by atoms with Crippen LogP contribution in [0.15, 0.2) is 42.7 Å². The summed E-state index contributed by atoms with van der Waals surface area (Å²) in [4.78, 5) is 30.1. The van der Waals surface area contributed by atoms with Gasteiger partial charge in [0, 0.05) is 50.9 Å². The molecule has 30 heavy (non-hydrogen) atoms. The number of amides is 2. The van der Waals surface area contributed by atoms with Crippen molar-refractivity contribution in [3.8, 4) is 5.75 Å². The lowest BCUT2D eigenvalue weighted by Crippen LogP contribution is -2.24. The molecule has 3 aromatic rings. The third-order valence-electron chi connectivity index (χ3n) is 5.34. The van der Waals surface area contributed by atoms with Crippen molar-refractivity contribution in [3.05, 3.63) is 59.4 Å². The lowest BCUT2D eigenvalue weighted by molar-refractivity contribution is -0.125. The molecule has 4 rings (SSSR count). The fraction of sp³-hybridized carbons (Fsp3) is 0.261. The van der Waals surface area contributed by atoms with Crippen LogP contribution < -0.4 is 10.1 Å². The van der Waals surface area contributed by atoms with Crippen molar-refractivity contribution >= 4 is 34.6 Å². The van der Waals surface area contributed by atoms with Crippen molar-refractivity contribution in [2.45, 2.75) is 19.4 Å². The molecule has 1 N–H and O–H groups in total. The molecule has 0 unspecified atom stereocenters. The highest BCUT2D eigenvalue weighted by atomic mass is 16.5. The lowest BCUT2D eigenvalue weighted by atomic mass is 10.0. The van der Waals surface area contributed by atoms with Crippen LogP contribution in [0.5, 0.6) is 5.75 Å². The van der Waals surface area contributed by atoms with E-state index in [0.29, 0.717) is 25.2 Å². The van der Waals surface area contributed by atoms with Gasteiger partial charge in [0.05, 0.1) is 12.6 Å². The predicted molar refractivity (Wildman–Crippen MR) is 116 cm³/mol. The first-order valence-corrected chi connectivity index (χ1v) is 9.79. The zero-order chi connectivity index (χ0) is 21.3. The topological polar surface area (TPSA) is 76.5 Å². The molecule has 1 aliphatic heterocycles. The Hall–Kier alpha value is -3.61. The van der Waals surface area contributed by atoms with Crippen LogP contribution in [-0.4, -0.2) is 40.4 Å². The van der Waals surface area contributed by atoms with E-state index in [9.17, 15) is 9.59 Å². The third-order valence-corrected chi connectivity index (χ3v) is 5.34. The standard InChI is InChI=1S/C23H24N4O3/c1-26(13-17-14-27(2)22-18(17)5-4-6-19(22)30-3)21(29)10-7-15-11-16-8-9-20(28)25-23(16)24-12-15/h4-7,10-12,14H,8-9,13H2,1-3H3,(H,24,25,28)/b10-7+. The molecule has 1 aliphatic rings. The first-order valence-electron chi connectivity index (χ1n) is 9.79. The Bertz CT molecular complexity index is 1160. The predicted octanol–water partition coefficient (Wildman–Crippen LogP) is 3.14. The van der Waals surface area contributed by atoms with Gasteiger partial charge in [-0.2, -0.15) is 0 Å². The number of anilines is 1. The Balaban J connectivity index is 1.48.